The monoisotopic (exact) mass is 756 g/mol. The summed E-state index contributed by atoms with van der Waals surface area (Å²) in [4.78, 5) is 6.93. The molecule has 0 saturated heterocycles. The number of furan rings is 1. The molecule has 2 unspecified atom stereocenters. The minimum atomic E-state index is -0.107. The summed E-state index contributed by atoms with van der Waals surface area (Å²) in [5, 5.41) is 10.4. The highest BCUT2D eigenvalue weighted by molar-refractivity contribution is 6.13. The number of allylic oxidation sites excluding steroid dienone is 3. The molecule has 0 spiro atoms. The molecule has 0 amide bonds. The summed E-state index contributed by atoms with van der Waals surface area (Å²) in [7, 11) is 0. The smallest absolute Gasteiger partial charge is 0.153 e. The van der Waals surface area contributed by atoms with Gasteiger partial charge < -0.3 is 9.32 Å². The Morgan fingerprint density at radius 3 is 1.80 bits per heavy atom. The molecule has 280 valence electrons. The fraction of sp³-hybridized carbons (Fsp3) is 0.0893. The predicted molar refractivity (Wildman–Crippen MR) is 246 cm³/mol. The molecule has 0 N–H and O–H groups in total. The summed E-state index contributed by atoms with van der Waals surface area (Å²) in [6, 6.07) is 61.7. The average Bonchev–Trinajstić information content (AvgIpc) is 3.83. The third kappa shape index (κ3) is 5.17. The van der Waals surface area contributed by atoms with Crippen LogP contribution in [0.25, 0.3) is 76.6 Å². The van der Waals surface area contributed by atoms with Crippen molar-refractivity contribution in [3.63, 3.8) is 0 Å². The number of nitrogens with zero attached hydrogens (tertiary/aromatic N) is 2. The van der Waals surface area contributed by atoms with Crippen LogP contribution in [0.2, 0.25) is 0 Å². The fourth-order valence-electron chi connectivity index (χ4n) is 10.5. The van der Waals surface area contributed by atoms with Gasteiger partial charge in [-0.3, -0.25) is 4.98 Å². The standard InChI is InChI=1S/C56H40N2O/c1-56(2)49-33-41(29-30-48(49)54-46-18-9-7-16-44(46)45-17-8-10-19-47(45)55(54)56)58(39-25-21-35(22-26-39)52-34-50-51(59-52)20-11-31-57-50)40-27-23-36(24-28-40)53-42-14-5-3-12-37(42)32-38-13-4-6-15-43(38)53/h3-34,48-49H,1-2H3. The lowest BCUT2D eigenvalue weighted by atomic mass is 9.73. The van der Waals surface area contributed by atoms with Crippen molar-refractivity contribution in [3.8, 4) is 22.5 Å². The second-order valence-corrected chi connectivity index (χ2v) is 16.7. The number of aromatic nitrogens is 1. The van der Waals surface area contributed by atoms with E-state index < -0.39 is 0 Å². The van der Waals surface area contributed by atoms with Crippen LogP contribution in [0.3, 0.4) is 0 Å². The van der Waals surface area contributed by atoms with E-state index in [0.29, 0.717) is 0 Å². The molecule has 3 heteroatoms. The average molecular weight is 757 g/mol. The summed E-state index contributed by atoms with van der Waals surface area (Å²) in [5.41, 5.74) is 11.4. The van der Waals surface area contributed by atoms with Gasteiger partial charge >= 0.3 is 0 Å². The van der Waals surface area contributed by atoms with E-state index in [2.05, 4.69) is 194 Å². The fourth-order valence-corrected chi connectivity index (χ4v) is 10.5. The number of pyridine rings is 1. The maximum absolute atomic E-state index is 6.24. The molecule has 0 aliphatic heterocycles. The molecule has 2 aliphatic rings. The Morgan fingerprint density at radius 1 is 0.559 bits per heavy atom. The third-order valence-corrected chi connectivity index (χ3v) is 13.1. The maximum atomic E-state index is 6.24. The topological polar surface area (TPSA) is 29.3 Å². The van der Waals surface area contributed by atoms with Crippen LogP contribution >= 0.6 is 0 Å². The van der Waals surface area contributed by atoms with Crippen LogP contribution in [0, 0.1) is 5.92 Å². The summed E-state index contributed by atoms with van der Waals surface area (Å²) in [5.74, 6) is 1.34. The van der Waals surface area contributed by atoms with Gasteiger partial charge in [0.1, 0.15) is 11.3 Å². The van der Waals surface area contributed by atoms with Crippen LogP contribution in [0.15, 0.2) is 204 Å². The zero-order valence-electron chi connectivity index (χ0n) is 32.9. The largest absolute Gasteiger partial charge is 0.454 e. The van der Waals surface area contributed by atoms with Gasteiger partial charge in [0.2, 0.25) is 0 Å². The van der Waals surface area contributed by atoms with Crippen LogP contribution in [-0.2, 0) is 5.41 Å². The van der Waals surface area contributed by atoms with Gasteiger partial charge in [-0.1, -0.05) is 135 Å². The molecule has 0 saturated carbocycles. The normalized spacial score (nSPS) is 16.8. The molecule has 12 rings (SSSR count). The van der Waals surface area contributed by atoms with Gasteiger partial charge in [-0.05, 0) is 137 Å². The second kappa shape index (κ2) is 12.9. The van der Waals surface area contributed by atoms with E-state index in [-0.39, 0.29) is 17.3 Å². The lowest BCUT2D eigenvalue weighted by Gasteiger charge is -2.35. The Bertz CT molecular complexity index is 3280. The Hall–Kier alpha value is -7.23. The summed E-state index contributed by atoms with van der Waals surface area (Å²) >= 11 is 0. The van der Waals surface area contributed by atoms with Gasteiger partial charge in [-0.25, -0.2) is 0 Å². The number of fused-ring (bicyclic) bond motifs is 11. The maximum Gasteiger partial charge on any atom is 0.153 e. The highest BCUT2D eigenvalue weighted by atomic mass is 16.3. The SMILES string of the molecule is CC1(C)c2c(c3ccccc3c3ccccc23)C2C=CC(N(c3ccc(-c4cc5ncccc5o4)cc3)c3ccc(-c4c5ccccc5cc5ccccc45)cc3)=CC21. The van der Waals surface area contributed by atoms with Gasteiger partial charge in [0.25, 0.3) is 0 Å². The molecule has 0 fully saturated rings. The van der Waals surface area contributed by atoms with Crippen molar-refractivity contribution in [2.24, 2.45) is 5.92 Å². The van der Waals surface area contributed by atoms with Gasteiger partial charge in [0.15, 0.2) is 5.58 Å². The van der Waals surface area contributed by atoms with E-state index in [1.54, 1.807) is 0 Å². The molecule has 2 aliphatic carbocycles. The van der Waals surface area contributed by atoms with E-state index >= 15 is 0 Å². The van der Waals surface area contributed by atoms with Gasteiger partial charge in [-0.2, -0.15) is 0 Å². The molecule has 10 aromatic rings. The highest BCUT2D eigenvalue weighted by Crippen LogP contribution is 2.58. The zero-order valence-corrected chi connectivity index (χ0v) is 32.9. The van der Waals surface area contributed by atoms with E-state index in [9.17, 15) is 0 Å². The zero-order chi connectivity index (χ0) is 39.2. The van der Waals surface area contributed by atoms with Crippen LogP contribution < -0.4 is 4.90 Å². The summed E-state index contributed by atoms with van der Waals surface area (Å²) in [6.45, 7) is 4.91. The van der Waals surface area contributed by atoms with Crippen molar-refractivity contribution in [2.45, 2.75) is 25.2 Å². The molecule has 0 radical (unpaired) electrons. The van der Waals surface area contributed by atoms with Crippen molar-refractivity contribution in [3.05, 3.63) is 211 Å². The lowest BCUT2D eigenvalue weighted by Crippen LogP contribution is -2.28. The first-order valence-corrected chi connectivity index (χ1v) is 20.6. The van der Waals surface area contributed by atoms with Gasteiger partial charge in [0, 0.05) is 40.8 Å². The van der Waals surface area contributed by atoms with Crippen LogP contribution in [0.5, 0.6) is 0 Å². The van der Waals surface area contributed by atoms with Crippen molar-refractivity contribution in [1.29, 1.82) is 0 Å². The molecule has 2 aromatic heterocycles. The van der Waals surface area contributed by atoms with E-state index in [1.165, 1.54) is 71.0 Å². The van der Waals surface area contributed by atoms with E-state index in [4.69, 9.17) is 4.42 Å². The molecule has 59 heavy (non-hydrogen) atoms. The van der Waals surface area contributed by atoms with E-state index in [0.717, 1.165) is 33.8 Å². The predicted octanol–water partition coefficient (Wildman–Crippen LogP) is 15.1. The number of anilines is 2. The Balaban J connectivity index is 1.00. The number of benzene rings is 8. The van der Waals surface area contributed by atoms with Crippen LogP contribution in [-0.4, -0.2) is 4.98 Å². The number of hydrogen-bond acceptors (Lipinski definition) is 3. The van der Waals surface area contributed by atoms with Crippen molar-refractivity contribution in [2.75, 3.05) is 4.90 Å². The lowest BCUT2D eigenvalue weighted by molar-refractivity contribution is 0.394. The van der Waals surface area contributed by atoms with Crippen LogP contribution in [0.4, 0.5) is 11.4 Å². The summed E-state index contributed by atoms with van der Waals surface area (Å²) in [6.07, 6.45) is 9.20. The molecular formula is C56H40N2O. The second-order valence-electron chi connectivity index (χ2n) is 16.7. The minimum Gasteiger partial charge on any atom is -0.454 e. The van der Waals surface area contributed by atoms with Gasteiger partial charge in [-0.15, -0.1) is 0 Å². The van der Waals surface area contributed by atoms with Crippen molar-refractivity contribution < 1.29 is 4.42 Å². The van der Waals surface area contributed by atoms with Crippen molar-refractivity contribution in [1.82, 2.24) is 4.98 Å². The third-order valence-electron chi connectivity index (χ3n) is 13.1. The minimum absolute atomic E-state index is 0.107. The summed E-state index contributed by atoms with van der Waals surface area (Å²) < 4.78 is 6.24. The highest BCUT2D eigenvalue weighted by Gasteiger charge is 2.47. The first-order chi connectivity index (χ1) is 29.0. The molecule has 2 atom stereocenters. The number of rotatable bonds is 5. The molecule has 2 heterocycles. The Labute approximate surface area is 343 Å². The van der Waals surface area contributed by atoms with Gasteiger partial charge in [0.05, 0.1) is 0 Å². The Kier molecular flexibility index (Phi) is 7.40. The quantitative estimate of drug-likeness (QED) is 0.129. The van der Waals surface area contributed by atoms with Crippen molar-refractivity contribution >= 4 is 65.6 Å². The first-order valence-electron chi connectivity index (χ1n) is 20.6. The van der Waals surface area contributed by atoms with E-state index in [1.807, 2.05) is 24.4 Å². The molecule has 3 nitrogen and oxygen atoms in total. The number of hydrogen-bond donors (Lipinski definition) is 0. The molecular weight excluding hydrogens is 717 g/mol. The molecule has 0 bridgehead atoms. The Morgan fingerprint density at radius 2 is 1.14 bits per heavy atom. The molecule has 8 aromatic carbocycles. The first kappa shape index (κ1) is 33.9. The van der Waals surface area contributed by atoms with Crippen LogP contribution in [0.1, 0.15) is 30.9 Å².